The number of nitrogens with zero attached hydrogens (tertiary/aromatic N) is 1. The van der Waals surface area contributed by atoms with Gasteiger partial charge >= 0.3 is 0 Å². The van der Waals surface area contributed by atoms with E-state index >= 15 is 0 Å². The first-order valence-corrected chi connectivity index (χ1v) is 5.73. The average Bonchev–Trinajstić information content (AvgIpc) is 2.59. The summed E-state index contributed by atoms with van der Waals surface area (Å²) in [6, 6.07) is 8.08. The van der Waals surface area contributed by atoms with E-state index in [9.17, 15) is 0 Å². The first-order valence-electron chi connectivity index (χ1n) is 5.73. The summed E-state index contributed by atoms with van der Waals surface area (Å²) in [5.74, 6) is 0.619. The second kappa shape index (κ2) is 4.24. The maximum Gasteiger partial charge on any atom is 0.211 e. The van der Waals surface area contributed by atoms with Gasteiger partial charge in [-0.3, -0.25) is 0 Å². The van der Waals surface area contributed by atoms with E-state index in [2.05, 4.69) is 11.9 Å². The topological polar surface area (TPSA) is 47.6 Å². The van der Waals surface area contributed by atoms with Gasteiger partial charge in [-0.15, -0.1) is 0 Å². The van der Waals surface area contributed by atoms with Gasteiger partial charge in [-0.05, 0) is 26.3 Å². The summed E-state index contributed by atoms with van der Waals surface area (Å²) in [5, 5.41) is 0. The summed E-state index contributed by atoms with van der Waals surface area (Å²) in [7, 11) is 0. The molecule has 0 aliphatic carbocycles. The Balaban J connectivity index is 2.20. The molecule has 17 heavy (non-hydrogen) atoms. The molecule has 0 unspecified atom stereocenters. The highest BCUT2D eigenvalue weighted by atomic mass is 16.5. The Hall–Kier alpha value is -1.77. The summed E-state index contributed by atoms with van der Waals surface area (Å²) in [6.07, 6.45) is 1.79. The van der Waals surface area contributed by atoms with E-state index in [-0.39, 0.29) is 5.54 Å². The van der Waals surface area contributed by atoms with Gasteiger partial charge < -0.3 is 10.5 Å². The molecule has 0 bridgehead atoms. The highest BCUT2D eigenvalue weighted by Crippen LogP contribution is 2.19. The lowest BCUT2D eigenvalue weighted by molar-refractivity contribution is 0.280. The molecule has 2 N–H and O–H groups in total. The summed E-state index contributed by atoms with van der Waals surface area (Å²) in [4.78, 5) is 4.44. The fraction of sp³-hybridized carbons (Fsp3) is 0.357. The van der Waals surface area contributed by atoms with Crippen molar-refractivity contribution in [2.75, 3.05) is 6.61 Å². The van der Waals surface area contributed by atoms with Crippen LogP contribution in [0.4, 0.5) is 0 Å². The van der Waals surface area contributed by atoms with Gasteiger partial charge in [0.25, 0.3) is 0 Å². The first-order chi connectivity index (χ1) is 7.96. The SMILES string of the molecule is Cc1ccc(/C(N)=C/C2=NC(C)(C)CO2)cc1. The number of aliphatic imine (C=N–C) groups is 1. The van der Waals surface area contributed by atoms with Crippen LogP contribution in [-0.4, -0.2) is 18.0 Å². The smallest absolute Gasteiger partial charge is 0.211 e. The first kappa shape index (κ1) is 11.7. The predicted molar refractivity (Wildman–Crippen MR) is 70.8 cm³/mol. The molecule has 0 radical (unpaired) electrons. The normalized spacial score (nSPS) is 18.8. The molecule has 0 saturated carbocycles. The van der Waals surface area contributed by atoms with Gasteiger partial charge in [0.2, 0.25) is 5.90 Å². The van der Waals surface area contributed by atoms with Crippen molar-refractivity contribution in [2.45, 2.75) is 26.3 Å². The largest absolute Gasteiger partial charge is 0.475 e. The zero-order valence-electron chi connectivity index (χ0n) is 10.5. The van der Waals surface area contributed by atoms with E-state index in [4.69, 9.17) is 10.5 Å². The van der Waals surface area contributed by atoms with Crippen LogP contribution in [-0.2, 0) is 4.74 Å². The molecule has 0 atom stereocenters. The number of hydrogen-bond acceptors (Lipinski definition) is 3. The molecule has 0 fully saturated rings. The standard InChI is InChI=1S/C14H18N2O/c1-10-4-6-11(7-5-10)12(15)8-13-16-14(2,3)9-17-13/h4-8H,9,15H2,1-3H3/b12-8-. The number of ether oxygens (including phenoxy) is 1. The Morgan fingerprint density at radius 2 is 2.00 bits per heavy atom. The summed E-state index contributed by atoms with van der Waals surface area (Å²) < 4.78 is 5.48. The second-order valence-electron chi connectivity index (χ2n) is 5.02. The van der Waals surface area contributed by atoms with E-state index in [1.54, 1.807) is 6.08 Å². The van der Waals surface area contributed by atoms with E-state index in [1.807, 2.05) is 38.1 Å². The van der Waals surface area contributed by atoms with Crippen LogP contribution in [0.2, 0.25) is 0 Å². The summed E-state index contributed by atoms with van der Waals surface area (Å²) >= 11 is 0. The van der Waals surface area contributed by atoms with Gasteiger partial charge in [-0.25, -0.2) is 4.99 Å². The van der Waals surface area contributed by atoms with Crippen molar-refractivity contribution in [3.63, 3.8) is 0 Å². The van der Waals surface area contributed by atoms with Crippen LogP contribution in [0.15, 0.2) is 35.3 Å². The van der Waals surface area contributed by atoms with Crippen LogP contribution in [0, 0.1) is 6.92 Å². The Kier molecular flexibility index (Phi) is 2.92. The summed E-state index contributed by atoms with van der Waals surface area (Å²) in [6.45, 7) is 6.74. The lowest BCUT2D eigenvalue weighted by Crippen LogP contribution is -2.17. The third kappa shape index (κ3) is 2.87. The molecule has 1 aliphatic rings. The van der Waals surface area contributed by atoms with E-state index in [1.165, 1.54) is 5.56 Å². The molecule has 0 amide bonds. The van der Waals surface area contributed by atoms with Crippen LogP contribution >= 0.6 is 0 Å². The van der Waals surface area contributed by atoms with Gasteiger partial charge in [-0.2, -0.15) is 0 Å². The van der Waals surface area contributed by atoms with Crippen LogP contribution < -0.4 is 5.73 Å². The molecule has 1 aromatic rings. The minimum Gasteiger partial charge on any atom is -0.475 e. The monoisotopic (exact) mass is 230 g/mol. The molecule has 1 heterocycles. The molecule has 2 rings (SSSR count). The maximum absolute atomic E-state index is 6.01. The van der Waals surface area contributed by atoms with E-state index in [0.29, 0.717) is 18.2 Å². The van der Waals surface area contributed by atoms with Crippen LogP contribution in [0.1, 0.15) is 25.0 Å². The molecule has 0 saturated heterocycles. The molecule has 1 aromatic carbocycles. The van der Waals surface area contributed by atoms with Crippen LogP contribution in [0.3, 0.4) is 0 Å². The summed E-state index contributed by atoms with van der Waals surface area (Å²) in [5.41, 5.74) is 8.77. The van der Waals surface area contributed by atoms with Crippen molar-refractivity contribution in [2.24, 2.45) is 10.7 Å². The molecule has 90 valence electrons. The van der Waals surface area contributed by atoms with Crippen molar-refractivity contribution in [3.05, 3.63) is 41.5 Å². The van der Waals surface area contributed by atoms with E-state index in [0.717, 1.165) is 5.56 Å². The fourth-order valence-corrected chi connectivity index (χ4v) is 1.65. The molecule has 3 nitrogen and oxygen atoms in total. The average molecular weight is 230 g/mol. The quantitative estimate of drug-likeness (QED) is 0.848. The Morgan fingerprint density at radius 1 is 1.35 bits per heavy atom. The predicted octanol–water partition coefficient (Wildman–Crippen LogP) is 2.50. The Bertz CT molecular complexity index is 470. The number of nitrogens with two attached hydrogens (primary N) is 1. The van der Waals surface area contributed by atoms with Gasteiger partial charge in [0, 0.05) is 11.8 Å². The number of rotatable bonds is 2. The van der Waals surface area contributed by atoms with Crippen molar-refractivity contribution < 1.29 is 4.74 Å². The van der Waals surface area contributed by atoms with Gasteiger partial charge in [0.1, 0.15) is 6.61 Å². The maximum atomic E-state index is 6.01. The number of hydrogen-bond donors (Lipinski definition) is 1. The zero-order valence-corrected chi connectivity index (χ0v) is 10.5. The molecule has 0 aromatic heterocycles. The van der Waals surface area contributed by atoms with Crippen molar-refractivity contribution in [3.8, 4) is 0 Å². The third-order valence-corrected chi connectivity index (χ3v) is 2.65. The highest BCUT2D eigenvalue weighted by molar-refractivity contribution is 5.95. The van der Waals surface area contributed by atoms with Crippen molar-refractivity contribution in [1.82, 2.24) is 0 Å². The van der Waals surface area contributed by atoms with Gasteiger partial charge in [-0.1, -0.05) is 29.8 Å². The van der Waals surface area contributed by atoms with Gasteiger partial charge in [0.15, 0.2) is 0 Å². The Labute approximate surface area is 102 Å². The minimum atomic E-state index is -0.139. The Morgan fingerprint density at radius 3 is 2.53 bits per heavy atom. The number of aryl methyl sites for hydroxylation is 1. The lowest BCUT2D eigenvalue weighted by Gasteiger charge is -2.07. The lowest BCUT2D eigenvalue weighted by atomic mass is 10.1. The highest BCUT2D eigenvalue weighted by Gasteiger charge is 2.25. The molecule has 1 aliphatic heterocycles. The fourth-order valence-electron chi connectivity index (χ4n) is 1.65. The van der Waals surface area contributed by atoms with Crippen molar-refractivity contribution >= 4 is 11.6 Å². The van der Waals surface area contributed by atoms with E-state index < -0.39 is 0 Å². The second-order valence-corrected chi connectivity index (χ2v) is 5.02. The minimum absolute atomic E-state index is 0.139. The van der Waals surface area contributed by atoms with Crippen molar-refractivity contribution in [1.29, 1.82) is 0 Å². The molecular formula is C14H18N2O. The third-order valence-electron chi connectivity index (χ3n) is 2.65. The van der Waals surface area contributed by atoms with Crippen LogP contribution in [0.5, 0.6) is 0 Å². The number of benzene rings is 1. The van der Waals surface area contributed by atoms with Gasteiger partial charge in [0.05, 0.1) is 5.54 Å². The molecule has 3 heteroatoms. The van der Waals surface area contributed by atoms with Crippen LogP contribution in [0.25, 0.3) is 5.70 Å². The molecule has 0 spiro atoms. The zero-order chi connectivity index (χ0) is 12.5. The molecular weight excluding hydrogens is 212 g/mol.